The maximum absolute atomic E-state index is 14.4. The van der Waals surface area contributed by atoms with E-state index in [9.17, 15) is 27.4 Å². The lowest BCUT2D eigenvalue weighted by molar-refractivity contribution is 0.102. The first-order valence-corrected chi connectivity index (χ1v) is 18.0. The molecule has 15 heteroatoms. The number of benzene rings is 5. The van der Waals surface area contributed by atoms with E-state index in [0.29, 0.717) is 44.6 Å². The van der Waals surface area contributed by atoms with Gasteiger partial charge in [0.25, 0.3) is 15.7 Å². The van der Waals surface area contributed by atoms with Gasteiger partial charge in [0, 0.05) is 34.8 Å². The lowest BCUT2D eigenvalue weighted by Gasteiger charge is -2.25. The monoisotopic (exact) mass is 756 g/mol. The van der Waals surface area contributed by atoms with Gasteiger partial charge in [-0.1, -0.05) is 72.8 Å². The minimum Gasteiger partial charge on any atom is -0.424 e. The highest BCUT2D eigenvalue weighted by Crippen LogP contribution is 2.44. The lowest BCUT2D eigenvalue weighted by atomic mass is 9.80. The SMILES string of the molecule is Cn1c(=O)c(C(=O)c2ccccc2)c2c3c(c(Nc4ccc(S(=O)(=O)O)c(Nc5nc(Cl)nc(Oc6ccccc6)n5)c4)ccc31)C(=O)c1ccccc1-2. The van der Waals surface area contributed by atoms with Crippen LogP contribution in [-0.4, -0.2) is 44.1 Å². The Balaban J connectivity index is 1.26. The summed E-state index contributed by atoms with van der Waals surface area (Å²) < 4.78 is 42.1. The van der Waals surface area contributed by atoms with Gasteiger partial charge < -0.3 is 19.9 Å². The number of ether oxygens (including phenoxy) is 1. The number of aromatic nitrogens is 4. The molecule has 0 radical (unpaired) electrons. The number of aryl methyl sites for hydroxylation is 1. The van der Waals surface area contributed by atoms with Gasteiger partial charge in [-0.15, -0.1) is 0 Å². The topological polar surface area (TPSA) is 182 Å². The number of nitrogens with one attached hydrogen (secondary N) is 2. The number of nitrogens with zero attached hydrogens (tertiary/aromatic N) is 4. The van der Waals surface area contributed by atoms with Gasteiger partial charge in [0.15, 0.2) is 11.6 Å². The fourth-order valence-corrected chi connectivity index (χ4v) is 7.23. The first-order chi connectivity index (χ1) is 26.0. The van der Waals surface area contributed by atoms with Crippen LogP contribution in [0.5, 0.6) is 11.8 Å². The number of ketones is 2. The van der Waals surface area contributed by atoms with Gasteiger partial charge in [0.2, 0.25) is 11.2 Å². The van der Waals surface area contributed by atoms with Gasteiger partial charge in [0.05, 0.1) is 28.0 Å². The molecule has 0 amide bonds. The predicted octanol–water partition coefficient (Wildman–Crippen LogP) is 7.35. The molecule has 3 N–H and O–H groups in total. The number of carbonyl (C=O) groups excluding carboxylic acids is 2. The number of anilines is 4. The van der Waals surface area contributed by atoms with E-state index in [-0.39, 0.29) is 45.5 Å². The summed E-state index contributed by atoms with van der Waals surface area (Å²) >= 11 is 6.15. The van der Waals surface area contributed by atoms with Crippen molar-refractivity contribution >= 4 is 67.2 Å². The third kappa shape index (κ3) is 6.13. The minimum atomic E-state index is -4.78. The molecule has 0 bridgehead atoms. The van der Waals surface area contributed by atoms with E-state index >= 15 is 0 Å². The lowest BCUT2D eigenvalue weighted by Crippen LogP contribution is -2.29. The Hall–Kier alpha value is -6.74. The third-order valence-electron chi connectivity index (χ3n) is 8.82. The van der Waals surface area contributed by atoms with Gasteiger partial charge in [-0.25, -0.2) is 0 Å². The van der Waals surface area contributed by atoms with Crippen molar-refractivity contribution in [2.75, 3.05) is 10.6 Å². The molecule has 266 valence electrons. The smallest absolute Gasteiger partial charge is 0.328 e. The number of fused-ring (bicyclic) bond motifs is 2. The average molecular weight is 757 g/mol. The van der Waals surface area contributed by atoms with Gasteiger partial charge in [-0.3, -0.25) is 18.9 Å². The minimum absolute atomic E-state index is 0.0785. The molecule has 0 fully saturated rings. The summed E-state index contributed by atoms with van der Waals surface area (Å²) in [5.41, 5.74) is 1.83. The molecule has 1 aliphatic carbocycles. The van der Waals surface area contributed by atoms with Crippen LogP contribution in [0.25, 0.3) is 22.0 Å². The van der Waals surface area contributed by atoms with Crippen molar-refractivity contribution in [1.82, 2.24) is 19.5 Å². The number of rotatable bonds is 9. The van der Waals surface area contributed by atoms with Crippen LogP contribution in [0, 0.1) is 0 Å². The third-order valence-corrected chi connectivity index (χ3v) is 9.90. The van der Waals surface area contributed by atoms with Crippen molar-refractivity contribution in [3.8, 4) is 22.9 Å². The van der Waals surface area contributed by atoms with Crippen LogP contribution in [0.1, 0.15) is 31.8 Å². The molecule has 0 spiro atoms. The molecule has 0 atom stereocenters. The summed E-state index contributed by atoms with van der Waals surface area (Å²) in [6, 6.07) is 30.9. The van der Waals surface area contributed by atoms with Crippen molar-refractivity contribution in [1.29, 1.82) is 0 Å². The zero-order valence-electron chi connectivity index (χ0n) is 27.9. The van der Waals surface area contributed by atoms with E-state index in [1.165, 1.54) is 16.7 Å². The molecule has 54 heavy (non-hydrogen) atoms. The molecule has 0 aliphatic heterocycles. The van der Waals surface area contributed by atoms with E-state index in [1.54, 1.807) is 104 Å². The largest absolute Gasteiger partial charge is 0.424 e. The Labute approximate surface area is 311 Å². The van der Waals surface area contributed by atoms with Crippen LogP contribution in [0.4, 0.5) is 23.0 Å². The number of para-hydroxylation sites is 1. The van der Waals surface area contributed by atoms with Gasteiger partial charge >= 0.3 is 6.01 Å². The molecular formula is C39H25ClN6O7S. The van der Waals surface area contributed by atoms with Gasteiger partial charge in [-0.2, -0.15) is 23.4 Å². The molecule has 7 aromatic rings. The van der Waals surface area contributed by atoms with E-state index in [2.05, 4.69) is 25.6 Å². The zero-order chi connectivity index (χ0) is 37.7. The van der Waals surface area contributed by atoms with Crippen LogP contribution in [-0.2, 0) is 17.2 Å². The highest BCUT2D eigenvalue weighted by atomic mass is 35.5. The first-order valence-electron chi connectivity index (χ1n) is 16.2. The van der Waals surface area contributed by atoms with Crippen molar-refractivity contribution < 1.29 is 27.3 Å². The van der Waals surface area contributed by atoms with E-state index in [0.717, 1.165) is 6.07 Å². The Morgan fingerprint density at radius 1 is 0.778 bits per heavy atom. The van der Waals surface area contributed by atoms with Crippen LogP contribution >= 0.6 is 11.6 Å². The van der Waals surface area contributed by atoms with E-state index < -0.39 is 26.4 Å². The maximum Gasteiger partial charge on any atom is 0.328 e. The van der Waals surface area contributed by atoms with Crippen LogP contribution in [0.3, 0.4) is 0 Å². The molecule has 0 unspecified atom stereocenters. The Kier molecular flexibility index (Phi) is 8.49. The van der Waals surface area contributed by atoms with Crippen LogP contribution in [0.2, 0.25) is 5.28 Å². The van der Waals surface area contributed by atoms with E-state index in [1.807, 2.05) is 0 Å². The molecule has 0 saturated heterocycles. The fraction of sp³-hybridized carbons (Fsp3) is 0.0256. The average Bonchev–Trinajstić information content (AvgIpc) is 3.15. The van der Waals surface area contributed by atoms with E-state index in [4.69, 9.17) is 16.3 Å². The summed E-state index contributed by atoms with van der Waals surface area (Å²) in [7, 11) is -3.24. The van der Waals surface area contributed by atoms with Crippen molar-refractivity contribution in [3.63, 3.8) is 0 Å². The van der Waals surface area contributed by atoms with Gasteiger partial charge in [-0.05, 0) is 59.6 Å². The molecule has 1 aliphatic rings. The molecule has 0 saturated carbocycles. The number of halogens is 1. The Morgan fingerprint density at radius 2 is 1.46 bits per heavy atom. The Bertz CT molecular complexity index is 2870. The second-order valence-corrected chi connectivity index (χ2v) is 13.9. The molecule has 5 aromatic carbocycles. The zero-order valence-corrected chi connectivity index (χ0v) is 29.5. The van der Waals surface area contributed by atoms with Crippen molar-refractivity contribution in [3.05, 3.63) is 153 Å². The van der Waals surface area contributed by atoms with Gasteiger partial charge in [0.1, 0.15) is 10.6 Å². The molecular weight excluding hydrogens is 732 g/mol. The summed E-state index contributed by atoms with van der Waals surface area (Å²) in [6.07, 6.45) is 0. The maximum atomic E-state index is 14.4. The normalized spacial score (nSPS) is 11.9. The Morgan fingerprint density at radius 3 is 2.19 bits per heavy atom. The quantitative estimate of drug-likeness (QED) is 0.0985. The van der Waals surface area contributed by atoms with Crippen molar-refractivity contribution in [2.45, 2.75) is 4.90 Å². The summed E-state index contributed by atoms with van der Waals surface area (Å²) in [4.78, 5) is 54.0. The number of carbonyl (C=O) groups is 2. The second kappa shape index (κ2) is 13.3. The molecule has 2 heterocycles. The standard InChI is InChI=1S/C39H25ClN6O7S/c1-46-28-18-17-26(31-32(28)30(24-14-8-9-15-25(24)35(31)48)33(36(46)49)34(47)21-10-4-2-5-11-21)41-22-16-19-29(54(50,51)52)27(20-22)42-38-43-37(40)44-39(45-38)53-23-12-6-3-7-13-23/h2-20,41H,1H3,(H,50,51,52)(H,42,43,44,45). The summed E-state index contributed by atoms with van der Waals surface area (Å²) in [5, 5.41) is 6.11. The highest BCUT2D eigenvalue weighted by molar-refractivity contribution is 7.86. The number of hydrogen-bond donors (Lipinski definition) is 3. The summed E-state index contributed by atoms with van der Waals surface area (Å²) in [6.45, 7) is 0. The number of hydrogen-bond acceptors (Lipinski definition) is 11. The molecule has 2 aromatic heterocycles. The first kappa shape index (κ1) is 34.4. The van der Waals surface area contributed by atoms with Crippen LogP contribution < -0.4 is 20.9 Å². The fourth-order valence-electron chi connectivity index (χ4n) is 6.45. The predicted molar refractivity (Wildman–Crippen MR) is 202 cm³/mol. The molecule has 8 rings (SSSR count). The molecule has 13 nitrogen and oxygen atoms in total. The highest BCUT2D eigenvalue weighted by Gasteiger charge is 2.34. The second-order valence-electron chi connectivity index (χ2n) is 12.1. The number of pyridine rings is 1. The van der Waals surface area contributed by atoms with Crippen molar-refractivity contribution in [2.24, 2.45) is 7.05 Å². The van der Waals surface area contributed by atoms with Crippen LogP contribution in [0.15, 0.2) is 125 Å². The summed E-state index contributed by atoms with van der Waals surface area (Å²) in [5.74, 6) is -0.640.